The number of hydrogen-bond donors (Lipinski definition) is 0. The maximum atomic E-state index is 5.89. The van der Waals surface area contributed by atoms with Crippen molar-refractivity contribution in [2.75, 3.05) is 13.2 Å². The van der Waals surface area contributed by atoms with Crippen molar-refractivity contribution in [3.05, 3.63) is 96.1 Å². The molecule has 1 fully saturated rings. The summed E-state index contributed by atoms with van der Waals surface area (Å²) < 4.78 is 17.5. The number of rotatable bonds is 5. The van der Waals surface area contributed by atoms with Gasteiger partial charge in [-0.25, -0.2) is 0 Å². The number of benzene rings is 3. The van der Waals surface area contributed by atoms with Gasteiger partial charge in [0.25, 0.3) is 0 Å². The zero-order chi connectivity index (χ0) is 20.2. The molecule has 3 aromatic rings. The molecule has 0 amide bonds. The first-order valence-corrected chi connectivity index (χ1v) is 10.6. The number of allylic oxidation sites excluding steroid dienone is 1. The number of ether oxygens (including phenoxy) is 3. The van der Waals surface area contributed by atoms with Gasteiger partial charge < -0.3 is 14.2 Å². The summed E-state index contributed by atoms with van der Waals surface area (Å²) >= 11 is 0. The van der Waals surface area contributed by atoms with Gasteiger partial charge in [0.15, 0.2) is 5.79 Å². The molecule has 30 heavy (non-hydrogen) atoms. The molecule has 0 bridgehead atoms. The van der Waals surface area contributed by atoms with Crippen LogP contribution in [-0.2, 0) is 16.1 Å². The summed E-state index contributed by atoms with van der Waals surface area (Å²) in [5.74, 6) is 0.533. The lowest BCUT2D eigenvalue weighted by Gasteiger charge is -2.30. The molecule has 152 valence electrons. The topological polar surface area (TPSA) is 27.7 Å². The third-order valence-electron chi connectivity index (χ3n) is 5.94. The van der Waals surface area contributed by atoms with Crippen LogP contribution in [0.2, 0.25) is 0 Å². The molecule has 1 spiro atoms. The van der Waals surface area contributed by atoms with Gasteiger partial charge in [-0.3, -0.25) is 0 Å². The summed E-state index contributed by atoms with van der Waals surface area (Å²) in [6, 6.07) is 27.4. The molecule has 0 aromatic heterocycles. The molecule has 0 atom stereocenters. The Kier molecular flexibility index (Phi) is 5.39. The average Bonchev–Trinajstić information content (AvgIpc) is 3.27. The van der Waals surface area contributed by atoms with Crippen molar-refractivity contribution < 1.29 is 14.2 Å². The molecule has 3 heteroatoms. The Labute approximate surface area is 177 Å². The molecule has 3 aromatic carbocycles. The molecule has 1 aliphatic heterocycles. The fraction of sp³-hybridized carbons (Fsp3) is 0.259. The molecule has 2 aliphatic rings. The van der Waals surface area contributed by atoms with Crippen LogP contribution in [0.5, 0.6) is 5.75 Å². The highest BCUT2D eigenvalue weighted by Gasteiger charge is 2.37. The molecular formula is C27H26O3. The van der Waals surface area contributed by atoms with Gasteiger partial charge in [0, 0.05) is 12.8 Å². The minimum atomic E-state index is -0.353. The lowest BCUT2D eigenvalue weighted by atomic mass is 9.89. The minimum absolute atomic E-state index is 0.353. The molecule has 1 saturated heterocycles. The summed E-state index contributed by atoms with van der Waals surface area (Å²) in [5, 5.41) is 0. The second kappa shape index (κ2) is 8.47. The van der Waals surface area contributed by atoms with Gasteiger partial charge in [-0.2, -0.15) is 0 Å². The summed E-state index contributed by atoms with van der Waals surface area (Å²) in [4.78, 5) is 0. The van der Waals surface area contributed by atoms with E-state index >= 15 is 0 Å². The third-order valence-corrected chi connectivity index (χ3v) is 5.94. The Balaban J connectivity index is 1.23. The van der Waals surface area contributed by atoms with Gasteiger partial charge >= 0.3 is 0 Å². The standard InChI is InChI=1S/C27H26O3/c1-2-4-21(5-3-1)20-28-26-12-10-24(11-13-26)22-6-8-23(9-7-22)25-14-16-27(17-15-25)29-18-19-30-27/h1-14H,15-20H2. The molecule has 0 radical (unpaired) electrons. The van der Waals surface area contributed by atoms with E-state index in [1.54, 1.807) is 0 Å². The molecule has 1 heterocycles. The van der Waals surface area contributed by atoms with Crippen molar-refractivity contribution in [1.82, 2.24) is 0 Å². The van der Waals surface area contributed by atoms with Crippen molar-refractivity contribution in [1.29, 1.82) is 0 Å². The predicted molar refractivity (Wildman–Crippen MR) is 119 cm³/mol. The van der Waals surface area contributed by atoms with Gasteiger partial charge in [-0.1, -0.05) is 72.8 Å². The zero-order valence-corrected chi connectivity index (χ0v) is 17.1. The molecule has 0 N–H and O–H groups in total. The largest absolute Gasteiger partial charge is 0.489 e. The van der Waals surface area contributed by atoms with Crippen LogP contribution < -0.4 is 4.74 Å². The Morgan fingerprint density at radius 3 is 2.00 bits per heavy atom. The summed E-state index contributed by atoms with van der Waals surface area (Å²) in [6.07, 6.45) is 5.05. The summed E-state index contributed by atoms with van der Waals surface area (Å²) in [7, 11) is 0. The van der Waals surface area contributed by atoms with Crippen molar-refractivity contribution in [2.45, 2.75) is 31.7 Å². The first kappa shape index (κ1) is 19.1. The lowest BCUT2D eigenvalue weighted by molar-refractivity contribution is -0.159. The monoisotopic (exact) mass is 398 g/mol. The highest BCUT2D eigenvalue weighted by Crippen LogP contribution is 2.38. The molecular weight excluding hydrogens is 372 g/mol. The fourth-order valence-corrected chi connectivity index (χ4v) is 4.19. The van der Waals surface area contributed by atoms with Crippen LogP contribution in [0.4, 0.5) is 0 Å². The van der Waals surface area contributed by atoms with Crippen LogP contribution in [0.25, 0.3) is 16.7 Å². The van der Waals surface area contributed by atoms with Crippen LogP contribution in [0.15, 0.2) is 84.9 Å². The van der Waals surface area contributed by atoms with E-state index < -0.39 is 0 Å². The maximum absolute atomic E-state index is 5.89. The van der Waals surface area contributed by atoms with Gasteiger partial charge in [0.1, 0.15) is 12.4 Å². The molecule has 1 aliphatic carbocycles. The van der Waals surface area contributed by atoms with E-state index in [2.05, 4.69) is 54.6 Å². The van der Waals surface area contributed by atoms with Crippen LogP contribution >= 0.6 is 0 Å². The van der Waals surface area contributed by atoms with E-state index in [0.717, 1.165) is 25.0 Å². The Hall–Kier alpha value is -2.88. The van der Waals surface area contributed by atoms with Gasteiger partial charge in [-0.15, -0.1) is 0 Å². The minimum Gasteiger partial charge on any atom is -0.489 e. The first-order valence-electron chi connectivity index (χ1n) is 10.6. The van der Waals surface area contributed by atoms with Gasteiger partial charge in [0.05, 0.1) is 13.2 Å². The normalized spacial score (nSPS) is 17.7. The highest BCUT2D eigenvalue weighted by atomic mass is 16.7. The maximum Gasteiger partial charge on any atom is 0.172 e. The molecule has 0 unspecified atom stereocenters. The van der Waals surface area contributed by atoms with Crippen molar-refractivity contribution >= 4 is 5.57 Å². The lowest BCUT2D eigenvalue weighted by Crippen LogP contribution is -2.31. The summed E-state index contributed by atoms with van der Waals surface area (Å²) in [5.41, 5.74) is 6.25. The smallest absolute Gasteiger partial charge is 0.172 e. The predicted octanol–water partition coefficient (Wildman–Crippen LogP) is 6.24. The van der Waals surface area contributed by atoms with Crippen LogP contribution in [0.1, 0.15) is 30.4 Å². The second-order valence-corrected chi connectivity index (χ2v) is 7.92. The zero-order valence-electron chi connectivity index (χ0n) is 17.1. The van der Waals surface area contributed by atoms with Crippen LogP contribution in [0.3, 0.4) is 0 Å². The quantitative estimate of drug-likeness (QED) is 0.509. The van der Waals surface area contributed by atoms with E-state index in [1.165, 1.54) is 27.8 Å². The molecule has 3 nitrogen and oxygen atoms in total. The molecule has 5 rings (SSSR count). The SMILES string of the molecule is C1=C(c2ccc(-c3ccc(OCc4ccccc4)cc3)cc2)CCC2(C1)OCCO2. The fourth-order valence-electron chi connectivity index (χ4n) is 4.19. The first-order chi connectivity index (χ1) is 14.8. The van der Waals surface area contributed by atoms with Gasteiger partial charge in [0.2, 0.25) is 0 Å². The van der Waals surface area contributed by atoms with Gasteiger partial charge in [-0.05, 0) is 46.4 Å². The summed E-state index contributed by atoms with van der Waals surface area (Å²) in [6.45, 7) is 2.02. The van der Waals surface area contributed by atoms with E-state index in [-0.39, 0.29) is 5.79 Å². The van der Waals surface area contributed by atoms with E-state index in [4.69, 9.17) is 14.2 Å². The second-order valence-electron chi connectivity index (χ2n) is 7.92. The van der Waals surface area contributed by atoms with E-state index in [9.17, 15) is 0 Å². The van der Waals surface area contributed by atoms with Crippen molar-refractivity contribution in [2.24, 2.45) is 0 Å². The van der Waals surface area contributed by atoms with Crippen molar-refractivity contribution in [3.63, 3.8) is 0 Å². The number of hydrogen-bond acceptors (Lipinski definition) is 3. The Bertz CT molecular complexity index is 998. The molecule has 0 saturated carbocycles. The highest BCUT2D eigenvalue weighted by molar-refractivity contribution is 5.71. The van der Waals surface area contributed by atoms with E-state index in [1.807, 2.05) is 30.3 Å². The van der Waals surface area contributed by atoms with E-state index in [0.29, 0.717) is 19.8 Å². The Morgan fingerprint density at radius 2 is 1.37 bits per heavy atom. The van der Waals surface area contributed by atoms with Crippen LogP contribution in [0, 0.1) is 0 Å². The van der Waals surface area contributed by atoms with Crippen molar-refractivity contribution in [3.8, 4) is 16.9 Å². The average molecular weight is 399 g/mol. The van der Waals surface area contributed by atoms with Crippen LogP contribution in [-0.4, -0.2) is 19.0 Å². The third kappa shape index (κ3) is 4.18. The Morgan fingerprint density at radius 1 is 0.733 bits per heavy atom.